The maximum atomic E-state index is 13.5. The standard InChI is InChI=1S/C30H40N4O3Si/c1-30(2,3)38(5,6)37-24-12-13-34(18-24)19-25(21-9-7-8-20(14-21)17-31)28(29(36)32-4)23-11-10-22-16-27(35)33-26(22)15-23/h7-11,14-15,24-25,28H,12-13,16,18-19H2,1-6H3,(H,32,36)(H,33,35)/t24-,25+,28?/m0/s1. The van der Waals surface area contributed by atoms with Crippen molar-refractivity contribution in [2.24, 2.45) is 0 Å². The second kappa shape index (κ2) is 11.0. The number of likely N-dealkylation sites (tertiary alicyclic amines) is 1. The SMILES string of the molecule is CNC(=O)C(c1ccc2c(c1)NC(=O)C2)[C@H](CN1CC[C@H](O[Si](C)(C)C(C)(C)C)C1)c1cccc(C#N)c1. The molecule has 3 atom stereocenters. The zero-order valence-electron chi connectivity index (χ0n) is 23.4. The van der Waals surface area contributed by atoms with E-state index in [0.29, 0.717) is 18.5 Å². The molecule has 2 N–H and O–H groups in total. The minimum Gasteiger partial charge on any atom is -0.413 e. The van der Waals surface area contributed by atoms with E-state index in [2.05, 4.69) is 55.5 Å². The minimum absolute atomic E-state index is 0.0308. The van der Waals surface area contributed by atoms with Crippen molar-refractivity contribution < 1.29 is 14.0 Å². The molecule has 2 amide bonds. The predicted octanol–water partition coefficient (Wildman–Crippen LogP) is 4.76. The van der Waals surface area contributed by atoms with Crippen molar-refractivity contribution in [2.45, 2.75) is 69.7 Å². The van der Waals surface area contributed by atoms with Crippen LogP contribution >= 0.6 is 0 Å². The van der Waals surface area contributed by atoms with Gasteiger partial charge in [-0.2, -0.15) is 5.26 Å². The first kappa shape index (κ1) is 28.0. The van der Waals surface area contributed by atoms with Gasteiger partial charge in [-0.3, -0.25) is 9.59 Å². The van der Waals surface area contributed by atoms with Crippen LogP contribution in [0.5, 0.6) is 0 Å². The third kappa shape index (κ3) is 6.01. The Kier molecular flexibility index (Phi) is 8.12. The van der Waals surface area contributed by atoms with Crippen LogP contribution in [0, 0.1) is 11.3 Å². The molecule has 2 heterocycles. The van der Waals surface area contributed by atoms with Crippen molar-refractivity contribution in [3.05, 3.63) is 64.7 Å². The smallest absolute Gasteiger partial charge is 0.228 e. The van der Waals surface area contributed by atoms with E-state index in [1.807, 2.05) is 36.4 Å². The highest BCUT2D eigenvalue weighted by Crippen LogP contribution is 2.40. The van der Waals surface area contributed by atoms with Crippen LogP contribution in [-0.2, 0) is 20.4 Å². The average molecular weight is 533 g/mol. The highest BCUT2D eigenvalue weighted by atomic mass is 28.4. The lowest BCUT2D eigenvalue weighted by atomic mass is 9.79. The number of hydrogen-bond donors (Lipinski definition) is 2. The van der Waals surface area contributed by atoms with Crippen molar-refractivity contribution in [2.75, 3.05) is 32.0 Å². The van der Waals surface area contributed by atoms with E-state index in [1.165, 1.54) is 0 Å². The van der Waals surface area contributed by atoms with Crippen molar-refractivity contribution >= 4 is 25.8 Å². The summed E-state index contributed by atoms with van der Waals surface area (Å²) in [6.45, 7) is 13.7. The molecule has 202 valence electrons. The molecule has 8 heteroatoms. The monoisotopic (exact) mass is 532 g/mol. The van der Waals surface area contributed by atoms with Gasteiger partial charge in [-0.15, -0.1) is 0 Å². The molecule has 0 spiro atoms. The van der Waals surface area contributed by atoms with Gasteiger partial charge in [0.2, 0.25) is 11.8 Å². The Morgan fingerprint density at radius 3 is 2.68 bits per heavy atom. The molecule has 1 fully saturated rings. The summed E-state index contributed by atoms with van der Waals surface area (Å²) >= 11 is 0. The van der Waals surface area contributed by atoms with Gasteiger partial charge in [0, 0.05) is 38.3 Å². The van der Waals surface area contributed by atoms with E-state index < -0.39 is 14.2 Å². The predicted molar refractivity (Wildman–Crippen MR) is 153 cm³/mol. The van der Waals surface area contributed by atoms with Crippen LogP contribution in [0.15, 0.2) is 42.5 Å². The number of nitrogens with zero attached hydrogens (tertiary/aromatic N) is 2. The topological polar surface area (TPSA) is 94.5 Å². The summed E-state index contributed by atoms with van der Waals surface area (Å²) in [5.41, 5.74) is 4.10. The molecule has 0 bridgehead atoms. The third-order valence-electron chi connectivity index (χ3n) is 8.44. The fourth-order valence-electron chi connectivity index (χ4n) is 5.32. The Hall–Kier alpha value is -2.99. The number of nitriles is 1. The molecule has 0 saturated carbocycles. The second-order valence-corrected chi connectivity index (χ2v) is 16.9. The van der Waals surface area contributed by atoms with Crippen LogP contribution in [0.2, 0.25) is 18.1 Å². The van der Waals surface area contributed by atoms with Gasteiger partial charge in [-0.05, 0) is 59.4 Å². The lowest BCUT2D eigenvalue weighted by Crippen LogP contribution is -2.44. The fourth-order valence-corrected chi connectivity index (χ4v) is 6.70. The van der Waals surface area contributed by atoms with E-state index in [-0.39, 0.29) is 28.9 Å². The first-order valence-corrected chi connectivity index (χ1v) is 16.4. The normalized spacial score (nSPS) is 19.4. The number of amides is 2. The van der Waals surface area contributed by atoms with Gasteiger partial charge in [0.05, 0.1) is 30.1 Å². The largest absolute Gasteiger partial charge is 0.413 e. The van der Waals surface area contributed by atoms with Gasteiger partial charge in [0.25, 0.3) is 0 Å². The van der Waals surface area contributed by atoms with Gasteiger partial charge in [0.1, 0.15) is 0 Å². The molecule has 2 aliphatic rings. The number of carbonyl (C=O) groups excluding carboxylic acids is 2. The highest BCUT2D eigenvalue weighted by Gasteiger charge is 2.41. The molecule has 38 heavy (non-hydrogen) atoms. The lowest BCUT2D eigenvalue weighted by molar-refractivity contribution is -0.122. The van der Waals surface area contributed by atoms with Gasteiger partial charge in [-0.1, -0.05) is 45.0 Å². The molecular weight excluding hydrogens is 492 g/mol. The van der Waals surface area contributed by atoms with Crippen LogP contribution in [-0.4, -0.2) is 57.8 Å². The molecule has 2 aliphatic heterocycles. The number of hydrogen-bond acceptors (Lipinski definition) is 5. The zero-order chi connectivity index (χ0) is 27.7. The second-order valence-electron chi connectivity index (χ2n) is 12.1. The summed E-state index contributed by atoms with van der Waals surface area (Å²) in [5.74, 6) is -0.797. The maximum Gasteiger partial charge on any atom is 0.228 e. The van der Waals surface area contributed by atoms with Crippen LogP contribution in [0.4, 0.5) is 5.69 Å². The van der Waals surface area contributed by atoms with E-state index in [0.717, 1.165) is 41.9 Å². The lowest BCUT2D eigenvalue weighted by Gasteiger charge is -2.38. The van der Waals surface area contributed by atoms with Gasteiger partial charge < -0.3 is 20.0 Å². The summed E-state index contributed by atoms with van der Waals surface area (Å²) in [4.78, 5) is 27.9. The van der Waals surface area contributed by atoms with Crippen molar-refractivity contribution in [3.63, 3.8) is 0 Å². The van der Waals surface area contributed by atoms with Gasteiger partial charge in [0.15, 0.2) is 8.32 Å². The van der Waals surface area contributed by atoms with E-state index in [9.17, 15) is 14.9 Å². The summed E-state index contributed by atoms with van der Waals surface area (Å²) in [7, 11) is -0.232. The third-order valence-corrected chi connectivity index (χ3v) is 13.0. The van der Waals surface area contributed by atoms with Crippen LogP contribution in [0.25, 0.3) is 0 Å². The summed E-state index contributed by atoms with van der Waals surface area (Å²) < 4.78 is 6.73. The first-order chi connectivity index (χ1) is 17.9. The van der Waals surface area contributed by atoms with Crippen LogP contribution < -0.4 is 10.6 Å². The molecular formula is C30H40N4O3Si. The molecule has 0 aromatic heterocycles. The van der Waals surface area contributed by atoms with Crippen molar-refractivity contribution in [1.82, 2.24) is 10.2 Å². The Balaban J connectivity index is 1.66. The quantitative estimate of drug-likeness (QED) is 0.478. The Bertz CT molecular complexity index is 1250. The van der Waals surface area contributed by atoms with Crippen LogP contribution in [0.1, 0.15) is 61.3 Å². The maximum absolute atomic E-state index is 13.5. The number of rotatable bonds is 8. The van der Waals surface area contributed by atoms with Crippen molar-refractivity contribution in [3.8, 4) is 6.07 Å². The van der Waals surface area contributed by atoms with Gasteiger partial charge >= 0.3 is 0 Å². The molecule has 1 unspecified atom stereocenters. The van der Waals surface area contributed by atoms with E-state index >= 15 is 0 Å². The summed E-state index contributed by atoms with van der Waals surface area (Å²) in [6, 6.07) is 15.7. The first-order valence-electron chi connectivity index (χ1n) is 13.5. The van der Waals surface area contributed by atoms with E-state index in [1.54, 1.807) is 13.1 Å². The number of carbonyl (C=O) groups is 2. The summed E-state index contributed by atoms with van der Waals surface area (Å²) in [5, 5.41) is 15.5. The molecule has 7 nitrogen and oxygen atoms in total. The minimum atomic E-state index is -1.89. The number of fused-ring (bicyclic) bond motifs is 1. The molecule has 1 saturated heterocycles. The number of anilines is 1. The Morgan fingerprint density at radius 1 is 1.24 bits per heavy atom. The summed E-state index contributed by atoms with van der Waals surface area (Å²) in [6.07, 6.45) is 1.50. The highest BCUT2D eigenvalue weighted by molar-refractivity contribution is 6.74. The average Bonchev–Trinajstić information content (AvgIpc) is 3.46. The molecule has 4 rings (SSSR count). The molecule has 2 aromatic carbocycles. The van der Waals surface area contributed by atoms with Crippen LogP contribution in [0.3, 0.4) is 0 Å². The Labute approximate surface area is 227 Å². The molecule has 0 radical (unpaired) electrons. The Morgan fingerprint density at radius 2 is 2.00 bits per heavy atom. The molecule has 0 aliphatic carbocycles. The number of nitrogens with one attached hydrogen (secondary N) is 2. The van der Waals surface area contributed by atoms with Crippen molar-refractivity contribution in [1.29, 1.82) is 5.26 Å². The molecule has 2 aromatic rings. The fraction of sp³-hybridized carbons (Fsp3) is 0.500. The number of benzene rings is 2. The van der Waals surface area contributed by atoms with Gasteiger partial charge in [-0.25, -0.2) is 0 Å². The zero-order valence-corrected chi connectivity index (χ0v) is 24.4. The van der Waals surface area contributed by atoms with E-state index in [4.69, 9.17) is 4.43 Å². The number of likely N-dealkylation sites (N-methyl/N-ethyl adjacent to an activating group) is 1.